The average Bonchev–Trinajstić information content (AvgIpc) is 3.32. The van der Waals surface area contributed by atoms with Crippen molar-refractivity contribution in [3.63, 3.8) is 0 Å². The number of amides is 1. The molecule has 2 saturated heterocycles. The standard InChI is InChI=1S/C24H32N2O8/c1-24(2)33-19-18(32-22(30-4)20(19)34-24)12-16(13-25)10-11-17(21(27)29-3)26-23(28)31-14-15-8-6-5-7-9-15/h5-9,16-20,22H,10-12,14H2,1-4H3,(H,26,28)/t16?,17-,18+,19+,20+,22+/m0/s1. The topological polar surface area (TPSA) is 125 Å². The third-order valence-corrected chi connectivity index (χ3v) is 5.83. The van der Waals surface area contributed by atoms with Gasteiger partial charge < -0.3 is 33.7 Å². The second-order valence-corrected chi connectivity index (χ2v) is 8.76. The van der Waals surface area contributed by atoms with Crippen molar-refractivity contribution in [2.45, 2.75) is 76.1 Å². The number of carbonyl (C=O) groups is 2. The summed E-state index contributed by atoms with van der Waals surface area (Å²) < 4.78 is 33.2. The van der Waals surface area contributed by atoms with Crippen LogP contribution in [0.25, 0.3) is 0 Å². The maximum Gasteiger partial charge on any atom is 0.408 e. The maximum atomic E-state index is 12.2. The van der Waals surface area contributed by atoms with Crippen molar-refractivity contribution in [3.05, 3.63) is 35.9 Å². The molecule has 1 aromatic rings. The van der Waals surface area contributed by atoms with Crippen molar-refractivity contribution >= 4 is 12.1 Å². The molecule has 0 bridgehead atoms. The van der Waals surface area contributed by atoms with Crippen LogP contribution in [0.1, 0.15) is 38.7 Å². The summed E-state index contributed by atoms with van der Waals surface area (Å²) in [4.78, 5) is 24.4. The van der Waals surface area contributed by atoms with E-state index in [1.165, 1.54) is 14.2 Å². The van der Waals surface area contributed by atoms with E-state index in [0.29, 0.717) is 12.8 Å². The Morgan fingerprint density at radius 3 is 2.50 bits per heavy atom. The normalized spacial score (nSPS) is 26.7. The summed E-state index contributed by atoms with van der Waals surface area (Å²) in [7, 11) is 2.77. The number of hydrogen-bond donors (Lipinski definition) is 1. The fraction of sp³-hybridized carbons (Fsp3) is 0.625. The number of carbonyl (C=O) groups excluding carboxylic acids is 2. The Bertz CT molecular complexity index is 871. The van der Waals surface area contributed by atoms with E-state index < -0.39 is 42.2 Å². The van der Waals surface area contributed by atoms with Crippen molar-refractivity contribution in [1.82, 2.24) is 5.32 Å². The molecule has 2 heterocycles. The van der Waals surface area contributed by atoms with E-state index in [-0.39, 0.29) is 25.2 Å². The lowest BCUT2D eigenvalue weighted by molar-refractivity contribution is -0.228. The van der Waals surface area contributed by atoms with Crippen LogP contribution in [0.3, 0.4) is 0 Å². The zero-order valence-corrected chi connectivity index (χ0v) is 19.9. The molecule has 1 amide bonds. The number of nitrogens with zero attached hydrogens (tertiary/aromatic N) is 1. The molecular formula is C24H32N2O8. The zero-order chi connectivity index (χ0) is 24.7. The summed E-state index contributed by atoms with van der Waals surface area (Å²) >= 11 is 0. The van der Waals surface area contributed by atoms with Crippen molar-refractivity contribution in [2.24, 2.45) is 5.92 Å². The van der Waals surface area contributed by atoms with Gasteiger partial charge in [0.15, 0.2) is 12.1 Å². The molecule has 1 N–H and O–H groups in total. The summed E-state index contributed by atoms with van der Waals surface area (Å²) in [6.07, 6.45) is -1.58. The molecule has 2 fully saturated rings. The quantitative estimate of drug-likeness (QED) is 0.507. The van der Waals surface area contributed by atoms with Gasteiger partial charge in [-0.15, -0.1) is 0 Å². The Labute approximate surface area is 199 Å². The van der Waals surface area contributed by atoms with Gasteiger partial charge in [0.25, 0.3) is 0 Å². The summed E-state index contributed by atoms with van der Waals surface area (Å²) in [6.45, 7) is 3.71. The third kappa shape index (κ3) is 6.67. The second-order valence-electron chi connectivity index (χ2n) is 8.76. The highest BCUT2D eigenvalue weighted by Crippen LogP contribution is 2.41. The molecule has 0 radical (unpaired) electrons. The molecule has 2 aliphatic rings. The molecule has 3 rings (SSSR count). The van der Waals surface area contributed by atoms with Crippen molar-refractivity contribution in [2.75, 3.05) is 14.2 Å². The van der Waals surface area contributed by atoms with Crippen molar-refractivity contribution in [3.8, 4) is 6.07 Å². The van der Waals surface area contributed by atoms with E-state index in [0.717, 1.165) is 5.56 Å². The lowest BCUT2D eigenvalue weighted by atomic mass is 9.93. The summed E-state index contributed by atoms with van der Waals surface area (Å²) in [5.74, 6) is -1.84. The smallest absolute Gasteiger partial charge is 0.408 e. The molecular weight excluding hydrogens is 444 g/mol. The number of nitrogens with one attached hydrogen (secondary N) is 1. The van der Waals surface area contributed by atoms with Crippen LogP contribution in [-0.2, 0) is 39.8 Å². The number of benzene rings is 1. The number of fused-ring (bicyclic) bond motifs is 1. The highest BCUT2D eigenvalue weighted by Gasteiger charge is 2.55. The number of alkyl carbamates (subject to hydrolysis) is 1. The molecule has 2 aliphatic heterocycles. The van der Waals surface area contributed by atoms with E-state index in [2.05, 4.69) is 11.4 Å². The second kappa shape index (κ2) is 11.6. The minimum Gasteiger partial charge on any atom is -0.467 e. The largest absolute Gasteiger partial charge is 0.467 e. The van der Waals surface area contributed by atoms with E-state index in [4.69, 9.17) is 28.4 Å². The Morgan fingerprint density at radius 2 is 1.85 bits per heavy atom. The van der Waals surface area contributed by atoms with Gasteiger partial charge in [0.1, 0.15) is 24.9 Å². The summed E-state index contributed by atoms with van der Waals surface area (Å²) in [5.41, 5.74) is 0.822. The molecule has 34 heavy (non-hydrogen) atoms. The van der Waals surface area contributed by atoms with Gasteiger partial charge >= 0.3 is 12.1 Å². The van der Waals surface area contributed by atoms with Gasteiger partial charge in [-0.05, 0) is 38.7 Å². The predicted octanol–water partition coefficient (Wildman–Crippen LogP) is 2.66. The predicted molar refractivity (Wildman–Crippen MR) is 118 cm³/mol. The Kier molecular flexibility index (Phi) is 8.85. The van der Waals surface area contributed by atoms with E-state index in [1.807, 2.05) is 44.2 Å². The molecule has 1 aromatic carbocycles. The maximum absolute atomic E-state index is 12.2. The van der Waals surface area contributed by atoms with Gasteiger partial charge in [-0.25, -0.2) is 9.59 Å². The monoisotopic (exact) mass is 476 g/mol. The van der Waals surface area contributed by atoms with Crippen LogP contribution in [-0.4, -0.2) is 62.7 Å². The zero-order valence-electron chi connectivity index (χ0n) is 19.9. The number of rotatable bonds is 10. The number of ether oxygens (including phenoxy) is 6. The van der Waals surface area contributed by atoms with E-state index in [1.54, 1.807) is 0 Å². The van der Waals surface area contributed by atoms with Gasteiger partial charge in [0.2, 0.25) is 0 Å². The number of nitriles is 1. The molecule has 0 aliphatic carbocycles. The van der Waals surface area contributed by atoms with Crippen LogP contribution in [0.4, 0.5) is 4.79 Å². The van der Waals surface area contributed by atoms with Crippen LogP contribution in [0.15, 0.2) is 30.3 Å². The molecule has 1 unspecified atom stereocenters. The average molecular weight is 477 g/mol. The molecule has 10 nitrogen and oxygen atoms in total. The van der Waals surface area contributed by atoms with Gasteiger partial charge in [0, 0.05) is 13.0 Å². The first-order valence-corrected chi connectivity index (χ1v) is 11.2. The fourth-order valence-electron chi connectivity index (χ4n) is 4.20. The lowest BCUT2D eigenvalue weighted by Gasteiger charge is -2.24. The minimum absolute atomic E-state index is 0.0715. The van der Waals surface area contributed by atoms with Crippen LogP contribution in [0, 0.1) is 17.2 Å². The first kappa shape index (κ1) is 25.9. The Morgan fingerprint density at radius 1 is 1.15 bits per heavy atom. The van der Waals surface area contributed by atoms with Crippen LogP contribution in [0.5, 0.6) is 0 Å². The Hall–Kier alpha value is -2.71. The van der Waals surface area contributed by atoms with Crippen molar-refractivity contribution < 1.29 is 38.0 Å². The van der Waals surface area contributed by atoms with Gasteiger partial charge in [-0.1, -0.05) is 30.3 Å². The minimum atomic E-state index is -0.946. The van der Waals surface area contributed by atoms with E-state index in [9.17, 15) is 14.9 Å². The molecule has 0 saturated carbocycles. The highest BCUT2D eigenvalue weighted by atomic mass is 16.8. The number of hydrogen-bond acceptors (Lipinski definition) is 9. The SMILES string of the molecule is COC(=O)[C@H](CCC(C#N)C[C@H]1O[C@@H](OC)[C@@H]2OC(C)(C)O[C@@H]21)NC(=O)OCc1ccccc1. The Balaban J connectivity index is 1.53. The van der Waals surface area contributed by atoms with Crippen molar-refractivity contribution in [1.29, 1.82) is 5.26 Å². The molecule has 0 spiro atoms. The van der Waals surface area contributed by atoms with Crippen LogP contribution in [0.2, 0.25) is 0 Å². The fourth-order valence-corrected chi connectivity index (χ4v) is 4.20. The number of methoxy groups -OCH3 is 2. The molecule has 6 atom stereocenters. The number of esters is 1. The van der Waals surface area contributed by atoms with Crippen LogP contribution < -0.4 is 5.32 Å². The van der Waals surface area contributed by atoms with Gasteiger partial charge in [-0.3, -0.25) is 0 Å². The third-order valence-electron chi connectivity index (χ3n) is 5.83. The summed E-state index contributed by atoms with van der Waals surface area (Å²) in [5, 5.41) is 12.3. The molecule has 0 aromatic heterocycles. The van der Waals surface area contributed by atoms with Crippen LogP contribution >= 0.6 is 0 Å². The van der Waals surface area contributed by atoms with E-state index >= 15 is 0 Å². The highest BCUT2D eigenvalue weighted by molar-refractivity contribution is 5.81. The lowest BCUT2D eigenvalue weighted by Crippen LogP contribution is -2.42. The summed E-state index contributed by atoms with van der Waals surface area (Å²) in [6, 6.07) is 10.5. The van der Waals surface area contributed by atoms with Gasteiger partial charge in [0.05, 0.1) is 19.3 Å². The van der Waals surface area contributed by atoms with Gasteiger partial charge in [-0.2, -0.15) is 5.26 Å². The first-order valence-electron chi connectivity index (χ1n) is 11.2. The molecule has 186 valence electrons. The molecule has 10 heteroatoms. The first-order chi connectivity index (χ1) is 16.3.